The number of nitrogens with zero attached hydrogens (tertiary/aromatic N) is 1. The van der Waals surface area contributed by atoms with Crippen molar-refractivity contribution >= 4 is 27.3 Å². The van der Waals surface area contributed by atoms with Gasteiger partial charge in [-0.05, 0) is 44.2 Å². The zero-order valence-electron chi connectivity index (χ0n) is 12.1. The summed E-state index contributed by atoms with van der Waals surface area (Å²) in [5.74, 6) is -0.895. The lowest BCUT2D eigenvalue weighted by Gasteiger charge is -2.23. The number of aliphatic carboxylic acids is 1. The first-order valence-electron chi connectivity index (χ1n) is 7.08. The van der Waals surface area contributed by atoms with E-state index in [-0.39, 0.29) is 12.5 Å². The molecule has 0 amide bonds. The largest absolute Gasteiger partial charge is 0.481 e. The Hall–Kier alpha value is -0.920. The molecule has 1 saturated heterocycles. The summed E-state index contributed by atoms with van der Waals surface area (Å²) in [6.45, 7) is 4.24. The molecule has 0 radical (unpaired) electrons. The normalized spacial score (nSPS) is 29.7. The Kier molecular flexibility index (Phi) is 3.42. The van der Waals surface area contributed by atoms with Crippen molar-refractivity contribution in [1.82, 2.24) is 4.31 Å². The van der Waals surface area contributed by atoms with Gasteiger partial charge in [-0.2, -0.15) is 4.31 Å². The number of hydrogen-bond acceptors (Lipinski definition) is 4. The molecule has 21 heavy (non-hydrogen) atoms. The zero-order valence-corrected chi connectivity index (χ0v) is 13.8. The number of carboxylic acids is 1. The van der Waals surface area contributed by atoms with Crippen LogP contribution in [0.4, 0.5) is 0 Å². The highest BCUT2D eigenvalue weighted by molar-refractivity contribution is 7.91. The molecule has 1 N–H and O–H groups in total. The number of sulfonamides is 1. The maximum Gasteiger partial charge on any atom is 0.311 e. The molecular formula is C14H19NO4S2. The van der Waals surface area contributed by atoms with Gasteiger partial charge in [0.1, 0.15) is 4.21 Å². The van der Waals surface area contributed by atoms with Crippen LogP contribution in [0.3, 0.4) is 0 Å². The van der Waals surface area contributed by atoms with Crippen molar-refractivity contribution in [3.05, 3.63) is 16.5 Å². The van der Waals surface area contributed by atoms with Crippen LogP contribution in [0, 0.1) is 25.2 Å². The third-order valence-electron chi connectivity index (χ3n) is 5.00. The van der Waals surface area contributed by atoms with E-state index in [1.807, 2.05) is 13.8 Å². The summed E-state index contributed by atoms with van der Waals surface area (Å²) in [5, 5.41) is 9.56. The Balaban J connectivity index is 1.94. The molecule has 1 aliphatic carbocycles. The number of fused-ring (bicyclic) bond motifs is 1. The van der Waals surface area contributed by atoms with Gasteiger partial charge in [-0.15, -0.1) is 11.3 Å². The molecule has 7 heteroatoms. The van der Waals surface area contributed by atoms with Crippen LogP contribution in [0.1, 0.15) is 29.7 Å². The topological polar surface area (TPSA) is 74.7 Å². The smallest absolute Gasteiger partial charge is 0.311 e. The molecule has 1 aromatic heterocycles. The van der Waals surface area contributed by atoms with Gasteiger partial charge in [0, 0.05) is 18.0 Å². The van der Waals surface area contributed by atoms with E-state index < -0.39 is 21.4 Å². The second-order valence-electron chi connectivity index (χ2n) is 6.15. The summed E-state index contributed by atoms with van der Waals surface area (Å²) >= 11 is 1.27. The number of carboxylic acid groups (broad SMARTS) is 1. The molecule has 0 aromatic carbocycles. The first-order chi connectivity index (χ1) is 9.77. The van der Waals surface area contributed by atoms with E-state index in [0.717, 1.165) is 23.3 Å². The minimum absolute atomic E-state index is 0.0491. The lowest BCUT2D eigenvalue weighted by molar-refractivity contribution is -0.149. The fourth-order valence-electron chi connectivity index (χ4n) is 3.57. The van der Waals surface area contributed by atoms with Gasteiger partial charge < -0.3 is 5.11 Å². The van der Waals surface area contributed by atoms with E-state index in [9.17, 15) is 18.3 Å². The fourth-order valence-corrected chi connectivity index (χ4v) is 6.80. The van der Waals surface area contributed by atoms with E-state index in [2.05, 4.69) is 0 Å². The van der Waals surface area contributed by atoms with Gasteiger partial charge in [0.25, 0.3) is 10.0 Å². The molecule has 2 aliphatic rings. The van der Waals surface area contributed by atoms with Crippen molar-refractivity contribution in [1.29, 1.82) is 0 Å². The molecular weight excluding hydrogens is 310 g/mol. The van der Waals surface area contributed by atoms with E-state index in [4.69, 9.17) is 0 Å². The molecule has 5 nitrogen and oxygen atoms in total. The van der Waals surface area contributed by atoms with Crippen molar-refractivity contribution in [2.75, 3.05) is 13.1 Å². The number of carbonyl (C=O) groups is 1. The molecule has 1 saturated carbocycles. The summed E-state index contributed by atoms with van der Waals surface area (Å²) < 4.78 is 27.2. The number of aryl methyl sites for hydroxylation is 2. The molecule has 2 heterocycles. The maximum atomic E-state index is 12.7. The van der Waals surface area contributed by atoms with E-state index >= 15 is 0 Å². The second kappa shape index (κ2) is 4.79. The third kappa shape index (κ3) is 2.13. The van der Waals surface area contributed by atoms with Gasteiger partial charge in [0.15, 0.2) is 0 Å². The van der Waals surface area contributed by atoms with Gasteiger partial charge in [-0.3, -0.25) is 4.79 Å². The highest BCUT2D eigenvalue weighted by Gasteiger charge is 2.57. The van der Waals surface area contributed by atoms with Crippen LogP contribution in [-0.2, 0) is 14.8 Å². The van der Waals surface area contributed by atoms with E-state index in [1.54, 1.807) is 6.07 Å². The molecule has 0 bridgehead atoms. The van der Waals surface area contributed by atoms with Crippen LogP contribution in [0.15, 0.2) is 10.3 Å². The van der Waals surface area contributed by atoms with Crippen molar-refractivity contribution in [2.45, 2.75) is 37.3 Å². The molecule has 3 rings (SSSR count). The molecule has 0 spiro atoms. The standard InChI is InChI=1S/C14H19NO4S2/c1-9-6-12(20-10(9)2)21(18,19)15-7-11-4-3-5-14(11,8-15)13(16)17/h6,11H,3-5,7-8H2,1-2H3,(H,16,17)/t11-,14+/m0/s1. The van der Waals surface area contributed by atoms with E-state index in [0.29, 0.717) is 17.2 Å². The highest BCUT2D eigenvalue weighted by Crippen LogP contribution is 2.50. The van der Waals surface area contributed by atoms with Crippen LogP contribution in [-0.4, -0.2) is 36.9 Å². The molecule has 1 aromatic rings. The minimum atomic E-state index is -3.57. The quantitative estimate of drug-likeness (QED) is 0.923. The Morgan fingerprint density at radius 1 is 1.48 bits per heavy atom. The second-order valence-corrected chi connectivity index (χ2v) is 9.57. The Labute approximate surface area is 128 Å². The summed E-state index contributed by atoms with van der Waals surface area (Å²) in [6.07, 6.45) is 2.27. The molecule has 1 aliphatic heterocycles. The monoisotopic (exact) mass is 329 g/mol. The van der Waals surface area contributed by atoms with Crippen LogP contribution in [0.25, 0.3) is 0 Å². The van der Waals surface area contributed by atoms with Gasteiger partial charge in [0.05, 0.1) is 5.41 Å². The lowest BCUT2D eigenvalue weighted by Crippen LogP contribution is -2.37. The van der Waals surface area contributed by atoms with Crippen LogP contribution in [0.5, 0.6) is 0 Å². The number of rotatable bonds is 3. The van der Waals surface area contributed by atoms with Crippen molar-refractivity contribution in [3.8, 4) is 0 Å². The Morgan fingerprint density at radius 2 is 2.19 bits per heavy atom. The zero-order chi connectivity index (χ0) is 15.4. The number of thiophene rings is 1. The molecule has 116 valence electrons. The summed E-state index contributed by atoms with van der Waals surface area (Å²) in [5.41, 5.74) is 0.0972. The fraction of sp³-hybridized carbons (Fsp3) is 0.643. The average Bonchev–Trinajstić information content (AvgIpc) is 3.02. The molecule has 2 fully saturated rings. The lowest BCUT2D eigenvalue weighted by atomic mass is 9.81. The first kappa shape index (κ1) is 15.0. The first-order valence-corrected chi connectivity index (χ1v) is 9.33. The average molecular weight is 329 g/mol. The molecule has 2 atom stereocenters. The number of hydrogen-bond donors (Lipinski definition) is 1. The van der Waals surface area contributed by atoms with Crippen molar-refractivity contribution in [2.24, 2.45) is 11.3 Å². The van der Waals surface area contributed by atoms with Gasteiger partial charge in [0.2, 0.25) is 0 Å². The summed E-state index contributed by atoms with van der Waals surface area (Å²) in [4.78, 5) is 12.6. The van der Waals surface area contributed by atoms with Gasteiger partial charge in [-0.25, -0.2) is 8.42 Å². The van der Waals surface area contributed by atoms with Gasteiger partial charge in [-0.1, -0.05) is 6.42 Å². The third-order valence-corrected chi connectivity index (χ3v) is 8.42. The van der Waals surface area contributed by atoms with Crippen LogP contribution in [0.2, 0.25) is 0 Å². The Morgan fingerprint density at radius 3 is 2.71 bits per heavy atom. The minimum Gasteiger partial charge on any atom is -0.481 e. The predicted octanol–water partition coefficient (Wildman–Crippen LogP) is 2.24. The maximum absolute atomic E-state index is 12.7. The molecule has 0 unspecified atom stereocenters. The summed E-state index contributed by atoms with van der Waals surface area (Å²) in [6, 6.07) is 1.69. The van der Waals surface area contributed by atoms with Crippen molar-refractivity contribution < 1.29 is 18.3 Å². The SMILES string of the molecule is Cc1cc(S(=O)(=O)N2C[C@@H]3CCC[C@@]3(C(=O)O)C2)sc1C. The van der Waals surface area contributed by atoms with Gasteiger partial charge >= 0.3 is 5.97 Å². The van der Waals surface area contributed by atoms with Crippen LogP contribution < -0.4 is 0 Å². The predicted molar refractivity (Wildman–Crippen MR) is 80.0 cm³/mol. The summed E-state index contributed by atoms with van der Waals surface area (Å²) in [7, 11) is -3.57. The van der Waals surface area contributed by atoms with Crippen molar-refractivity contribution in [3.63, 3.8) is 0 Å². The van der Waals surface area contributed by atoms with E-state index in [1.165, 1.54) is 15.6 Å². The Bertz CT molecular complexity index is 674. The highest BCUT2D eigenvalue weighted by atomic mass is 32.2. The van der Waals surface area contributed by atoms with Crippen LogP contribution >= 0.6 is 11.3 Å².